The number of unbranched alkanes of at least 4 members (excludes halogenated alkanes) is 3. The van der Waals surface area contributed by atoms with Crippen LogP contribution >= 0.6 is 15.9 Å². The molecule has 1 aromatic rings. The van der Waals surface area contributed by atoms with Crippen LogP contribution in [0.4, 0.5) is 0 Å². The van der Waals surface area contributed by atoms with Crippen LogP contribution in [0, 0.1) is 0 Å². The predicted molar refractivity (Wildman–Crippen MR) is 108 cm³/mol. The van der Waals surface area contributed by atoms with E-state index in [1.165, 1.54) is 61.9 Å². The van der Waals surface area contributed by atoms with E-state index in [4.69, 9.17) is 0 Å². The molecular weight excluding hydrogens is 439 g/mol. The van der Waals surface area contributed by atoms with E-state index in [0.717, 1.165) is 0 Å². The predicted octanol–water partition coefficient (Wildman–Crippen LogP) is 7.85. The molecule has 0 amide bonds. The second kappa shape index (κ2) is 10.9. The van der Waals surface area contributed by atoms with Crippen molar-refractivity contribution in [3.05, 3.63) is 40.9 Å². The first-order valence-corrected chi connectivity index (χ1v) is 17.3. The van der Waals surface area contributed by atoms with Gasteiger partial charge in [0.15, 0.2) is 0 Å². The minimum atomic E-state index is -2.32. The Morgan fingerprint density at radius 1 is 0.864 bits per heavy atom. The third kappa shape index (κ3) is 6.03. The van der Waals surface area contributed by atoms with Crippen LogP contribution in [0.15, 0.2) is 35.3 Å². The first-order valence-electron chi connectivity index (χ1n) is 9.05. The van der Waals surface area contributed by atoms with Crippen LogP contribution in [0.2, 0.25) is 13.3 Å². The molecule has 0 nitrogen and oxygen atoms in total. The van der Waals surface area contributed by atoms with Gasteiger partial charge in [-0.1, -0.05) is 0 Å². The van der Waals surface area contributed by atoms with E-state index in [1.807, 2.05) is 0 Å². The van der Waals surface area contributed by atoms with E-state index in [1.54, 1.807) is 3.59 Å². The summed E-state index contributed by atoms with van der Waals surface area (Å²) in [6, 6.07) is 8.91. The zero-order valence-corrected chi connectivity index (χ0v) is 19.2. The molecule has 124 valence electrons. The van der Waals surface area contributed by atoms with Gasteiger partial charge in [-0.3, -0.25) is 0 Å². The average Bonchev–Trinajstić information content (AvgIpc) is 2.54. The van der Waals surface area contributed by atoms with Crippen molar-refractivity contribution in [2.45, 2.75) is 72.6 Å². The minimum absolute atomic E-state index is 1.17. The van der Waals surface area contributed by atoms with E-state index in [2.05, 4.69) is 67.5 Å². The zero-order chi connectivity index (χ0) is 16.4. The fraction of sp³-hybridized carbons (Fsp3) is 0.600. The summed E-state index contributed by atoms with van der Waals surface area (Å²) in [5.74, 6) is 0. The number of benzene rings is 1. The Morgan fingerprint density at radius 3 is 1.64 bits per heavy atom. The molecule has 1 rings (SSSR count). The van der Waals surface area contributed by atoms with Gasteiger partial charge in [0, 0.05) is 0 Å². The summed E-state index contributed by atoms with van der Waals surface area (Å²) >= 11 is 1.24. The maximum absolute atomic E-state index is 4.66. The summed E-state index contributed by atoms with van der Waals surface area (Å²) in [5.41, 5.74) is 1.42. The van der Waals surface area contributed by atoms with Crippen molar-refractivity contribution in [1.82, 2.24) is 0 Å². The van der Waals surface area contributed by atoms with Crippen molar-refractivity contribution in [3.63, 3.8) is 0 Å². The first kappa shape index (κ1) is 20.3. The van der Waals surface area contributed by atoms with Gasteiger partial charge in [-0.15, -0.1) is 0 Å². The fourth-order valence-electron chi connectivity index (χ4n) is 3.33. The summed E-state index contributed by atoms with van der Waals surface area (Å²) in [6.45, 7) is 11.7. The molecule has 0 aromatic heterocycles. The van der Waals surface area contributed by atoms with Crippen molar-refractivity contribution < 1.29 is 0 Å². The Kier molecular flexibility index (Phi) is 10.1. The van der Waals surface area contributed by atoms with Gasteiger partial charge in [-0.05, 0) is 0 Å². The van der Waals surface area contributed by atoms with Crippen LogP contribution in [-0.4, -0.2) is 18.4 Å². The fourth-order valence-corrected chi connectivity index (χ4v) is 19.4. The molecule has 0 N–H and O–H groups in total. The quantitative estimate of drug-likeness (QED) is 0.288. The summed E-state index contributed by atoms with van der Waals surface area (Å²) in [7, 11) is 0. The van der Waals surface area contributed by atoms with Crippen molar-refractivity contribution >= 4 is 37.9 Å². The van der Waals surface area contributed by atoms with E-state index in [0.29, 0.717) is 0 Å². The van der Waals surface area contributed by atoms with Crippen LogP contribution < -0.4 is 0 Å². The third-order valence-electron chi connectivity index (χ3n) is 4.86. The second-order valence-electron chi connectivity index (χ2n) is 6.58. The number of hydrogen-bond acceptors (Lipinski definition) is 0. The van der Waals surface area contributed by atoms with Gasteiger partial charge >= 0.3 is 151 Å². The molecular formula is C20H33BrSn. The third-order valence-corrected chi connectivity index (χ3v) is 21.1. The molecule has 0 aliphatic heterocycles. The van der Waals surface area contributed by atoms with Gasteiger partial charge < -0.3 is 0 Å². The number of rotatable bonds is 11. The SMILES string of the molecule is C=[C](c1ccc(Br)cc1)[Sn]([CH2]CCC)([CH2]CCC)[CH2]CCC. The summed E-state index contributed by atoms with van der Waals surface area (Å²) < 4.78 is 7.25. The van der Waals surface area contributed by atoms with Crippen LogP contribution in [0.1, 0.15) is 64.9 Å². The molecule has 0 fully saturated rings. The van der Waals surface area contributed by atoms with Gasteiger partial charge in [0.1, 0.15) is 0 Å². The molecule has 0 atom stereocenters. The van der Waals surface area contributed by atoms with E-state index in [-0.39, 0.29) is 0 Å². The van der Waals surface area contributed by atoms with Crippen molar-refractivity contribution in [2.75, 3.05) is 0 Å². The molecule has 0 aliphatic rings. The molecule has 0 spiro atoms. The molecule has 22 heavy (non-hydrogen) atoms. The molecule has 0 radical (unpaired) electrons. The van der Waals surface area contributed by atoms with Gasteiger partial charge in [0.25, 0.3) is 0 Å². The first-order chi connectivity index (χ1) is 10.6. The van der Waals surface area contributed by atoms with Crippen molar-refractivity contribution in [2.24, 2.45) is 0 Å². The standard InChI is InChI=1S/C8H6Br.3C4H9.Sn/c1-2-7-3-5-8(9)6-4-7;3*1-3-4-2;/h3-6H,1H2;3*1,3-4H2,2H3;. The molecule has 1 aromatic carbocycles. The van der Waals surface area contributed by atoms with Gasteiger partial charge in [0.05, 0.1) is 0 Å². The average molecular weight is 472 g/mol. The van der Waals surface area contributed by atoms with Crippen molar-refractivity contribution in [1.29, 1.82) is 0 Å². The number of halogens is 1. The van der Waals surface area contributed by atoms with Crippen molar-refractivity contribution in [3.8, 4) is 0 Å². The Balaban J connectivity index is 3.06. The van der Waals surface area contributed by atoms with E-state index >= 15 is 0 Å². The molecule has 0 heterocycles. The van der Waals surface area contributed by atoms with Gasteiger partial charge in [0.2, 0.25) is 0 Å². The maximum atomic E-state index is 4.66. The summed E-state index contributed by atoms with van der Waals surface area (Å²) in [4.78, 5) is 0. The normalized spacial score (nSPS) is 11.6. The van der Waals surface area contributed by atoms with Crippen LogP contribution in [0.5, 0.6) is 0 Å². The van der Waals surface area contributed by atoms with Crippen LogP contribution in [0.3, 0.4) is 0 Å². The van der Waals surface area contributed by atoms with Gasteiger partial charge in [-0.2, -0.15) is 0 Å². The van der Waals surface area contributed by atoms with E-state index < -0.39 is 18.4 Å². The van der Waals surface area contributed by atoms with Crippen LogP contribution in [0.25, 0.3) is 3.59 Å². The molecule has 0 saturated heterocycles. The van der Waals surface area contributed by atoms with E-state index in [9.17, 15) is 0 Å². The number of hydrogen-bond donors (Lipinski definition) is 0. The Bertz CT molecular complexity index is 414. The Hall–Kier alpha value is 0.239. The second-order valence-corrected chi connectivity index (χ2v) is 20.8. The molecule has 0 bridgehead atoms. The summed E-state index contributed by atoms with van der Waals surface area (Å²) in [5, 5.41) is 0. The topological polar surface area (TPSA) is 0 Å². The van der Waals surface area contributed by atoms with Crippen LogP contribution in [-0.2, 0) is 0 Å². The molecule has 2 heteroatoms. The van der Waals surface area contributed by atoms with Gasteiger partial charge in [-0.25, -0.2) is 0 Å². The monoisotopic (exact) mass is 472 g/mol. The zero-order valence-electron chi connectivity index (χ0n) is 14.8. The molecule has 0 unspecified atom stereocenters. The molecule has 0 saturated carbocycles. The summed E-state index contributed by atoms with van der Waals surface area (Å²) in [6.07, 6.45) is 8.18. The Labute approximate surface area is 150 Å². The molecule has 0 aliphatic carbocycles. The Morgan fingerprint density at radius 2 is 1.27 bits per heavy atom.